The van der Waals surface area contributed by atoms with Crippen LogP contribution in [0.25, 0.3) is 0 Å². The SMILES string of the molecule is CCCCC(C)NCC1(CN)CCCCC1. The molecular weight excluding hydrogens is 196 g/mol. The van der Waals surface area contributed by atoms with E-state index in [0.29, 0.717) is 11.5 Å². The molecule has 0 heterocycles. The first-order chi connectivity index (χ1) is 7.72. The molecule has 0 radical (unpaired) electrons. The van der Waals surface area contributed by atoms with E-state index in [4.69, 9.17) is 5.73 Å². The van der Waals surface area contributed by atoms with Crippen LogP contribution in [0.2, 0.25) is 0 Å². The lowest BCUT2D eigenvalue weighted by molar-refractivity contribution is 0.184. The number of hydrogen-bond donors (Lipinski definition) is 2. The third kappa shape index (κ3) is 4.42. The van der Waals surface area contributed by atoms with Crippen LogP contribution in [0.4, 0.5) is 0 Å². The Morgan fingerprint density at radius 3 is 2.50 bits per heavy atom. The molecule has 1 aliphatic rings. The lowest BCUT2D eigenvalue weighted by Crippen LogP contribution is -2.44. The summed E-state index contributed by atoms with van der Waals surface area (Å²) < 4.78 is 0. The molecule has 96 valence electrons. The lowest BCUT2D eigenvalue weighted by Gasteiger charge is -2.37. The molecule has 1 saturated carbocycles. The smallest absolute Gasteiger partial charge is 0.00389 e. The Morgan fingerprint density at radius 2 is 1.94 bits per heavy atom. The Balaban J connectivity index is 2.27. The molecule has 1 aliphatic carbocycles. The predicted octanol–water partition coefficient (Wildman–Crippen LogP) is 3.06. The summed E-state index contributed by atoms with van der Waals surface area (Å²) in [4.78, 5) is 0. The van der Waals surface area contributed by atoms with Crippen LogP contribution >= 0.6 is 0 Å². The number of nitrogens with two attached hydrogens (primary N) is 1. The van der Waals surface area contributed by atoms with E-state index in [1.165, 1.54) is 51.4 Å². The van der Waals surface area contributed by atoms with Crippen LogP contribution in [0, 0.1) is 5.41 Å². The average molecular weight is 226 g/mol. The summed E-state index contributed by atoms with van der Waals surface area (Å²) in [7, 11) is 0. The van der Waals surface area contributed by atoms with E-state index in [9.17, 15) is 0 Å². The van der Waals surface area contributed by atoms with Crippen molar-refractivity contribution in [2.75, 3.05) is 13.1 Å². The molecule has 2 heteroatoms. The van der Waals surface area contributed by atoms with Crippen LogP contribution in [0.15, 0.2) is 0 Å². The lowest BCUT2D eigenvalue weighted by atomic mass is 9.74. The molecule has 0 spiro atoms. The monoisotopic (exact) mass is 226 g/mol. The minimum Gasteiger partial charge on any atom is -0.330 e. The summed E-state index contributed by atoms with van der Waals surface area (Å²) >= 11 is 0. The molecule has 16 heavy (non-hydrogen) atoms. The van der Waals surface area contributed by atoms with Gasteiger partial charge < -0.3 is 11.1 Å². The average Bonchev–Trinajstić information content (AvgIpc) is 2.35. The minimum atomic E-state index is 0.415. The molecule has 0 saturated heterocycles. The Labute approximate surface area is 101 Å². The van der Waals surface area contributed by atoms with E-state index in [2.05, 4.69) is 19.2 Å². The molecule has 1 fully saturated rings. The highest BCUT2D eigenvalue weighted by Gasteiger charge is 2.30. The molecule has 0 amide bonds. The Kier molecular flexibility index (Phi) is 6.37. The van der Waals surface area contributed by atoms with Crippen LogP contribution in [-0.2, 0) is 0 Å². The molecule has 0 aromatic carbocycles. The highest BCUT2D eigenvalue weighted by Crippen LogP contribution is 2.34. The van der Waals surface area contributed by atoms with Crippen LogP contribution < -0.4 is 11.1 Å². The zero-order chi connectivity index (χ0) is 11.9. The van der Waals surface area contributed by atoms with E-state index in [-0.39, 0.29) is 0 Å². The first kappa shape index (κ1) is 14.0. The van der Waals surface area contributed by atoms with Gasteiger partial charge in [0, 0.05) is 12.6 Å². The van der Waals surface area contributed by atoms with Crippen molar-refractivity contribution in [3.05, 3.63) is 0 Å². The molecule has 0 aromatic heterocycles. The van der Waals surface area contributed by atoms with Crippen molar-refractivity contribution in [3.8, 4) is 0 Å². The maximum Gasteiger partial charge on any atom is 0.00389 e. The van der Waals surface area contributed by atoms with Gasteiger partial charge in [0.05, 0.1) is 0 Å². The van der Waals surface area contributed by atoms with Crippen molar-refractivity contribution in [1.82, 2.24) is 5.32 Å². The van der Waals surface area contributed by atoms with E-state index >= 15 is 0 Å². The molecule has 1 unspecified atom stereocenters. The Bertz CT molecular complexity index is 174. The van der Waals surface area contributed by atoms with Crippen LogP contribution in [0.5, 0.6) is 0 Å². The fourth-order valence-corrected chi connectivity index (χ4v) is 2.76. The predicted molar refractivity (Wildman–Crippen MR) is 71.6 cm³/mol. The van der Waals surface area contributed by atoms with Gasteiger partial charge >= 0.3 is 0 Å². The number of hydrogen-bond acceptors (Lipinski definition) is 2. The third-order valence-corrected chi connectivity index (χ3v) is 4.16. The fraction of sp³-hybridized carbons (Fsp3) is 1.00. The zero-order valence-corrected chi connectivity index (χ0v) is 11.2. The van der Waals surface area contributed by atoms with Crippen molar-refractivity contribution in [1.29, 1.82) is 0 Å². The quantitative estimate of drug-likeness (QED) is 0.700. The van der Waals surface area contributed by atoms with Gasteiger partial charge in [-0.3, -0.25) is 0 Å². The number of unbranched alkanes of at least 4 members (excludes halogenated alkanes) is 1. The van der Waals surface area contributed by atoms with Gasteiger partial charge in [0.1, 0.15) is 0 Å². The third-order valence-electron chi connectivity index (χ3n) is 4.16. The molecular formula is C14H30N2. The molecule has 0 aromatic rings. The second kappa shape index (κ2) is 7.29. The highest BCUT2D eigenvalue weighted by molar-refractivity contribution is 4.86. The molecule has 0 bridgehead atoms. The van der Waals surface area contributed by atoms with Gasteiger partial charge in [0.2, 0.25) is 0 Å². The summed E-state index contributed by atoms with van der Waals surface area (Å²) in [5.41, 5.74) is 6.40. The molecule has 0 aliphatic heterocycles. The van der Waals surface area contributed by atoms with Crippen molar-refractivity contribution in [2.24, 2.45) is 11.1 Å². The largest absolute Gasteiger partial charge is 0.330 e. The van der Waals surface area contributed by atoms with Gasteiger partial charge in [-0.2, -0.15) is 0 Å². The second-order valence-electron chi connectivity index (χ2n) is 5.69. The zero-order valence-electron chi connectivity index (χ0n) is 11.2. The van der Waals surface area contributed by atoms with E-state index < -0.39 is 0 Å². The Hall–Kier alpha value is -0.0800. The maximum absolute atomic E-state index is 5.98. The van der Waals surface area contributed by atoms with E-state index in [1.807, 2.05) is 0 Å². The molecule has 1 rings (SSSR count). The summed E-state index contributed by atoms with van der Waals surface area (Å²) in [5.74, 6) is 0. The van der Waals surface area contributed by atoms with Gasteiger partial charge in [-0.1, -0.05) is 39.0 Å². The van der Waals surface area contributed by atoms with Crippen LogP contribution in [0.1, 0.15) is 65.2 Å². The van der Waals surface area contributed by atoms with Gasteiger partial charge in [0.25, 0.3) is 0 Å². The van der Waals surface area contributed by atoms with Crippen molar-refractivity contribution in [3.63, 3.8) is 0 Å². The maximum atomic E-state index is 5.98. The molecule has 2 nitrogen and oxygen atoms in total. The van der Waals surface area contributed by atoms with E-state index in [0.717, 1.165) is 13.1 Å². The second-order valence-corrected chi connectivity index (χ2v) is 5.69. The first-order valence-corrected chi connectivity index (χ1v) is 7.16. The first-order valence-electron chi connectivity index (χ1n) is 7.16. The fourth-order valence-electron chi connectivity index (χ4n) is 2.76. The Morgan fingerprint density at radius 1 is 1.25 bits per heavy atom. The minimum absolute atomic E-state index is 0.415. The van der Waals surface area contributed by atoms with Crippen molar-refractivity contribution >= 4 is 0 Å². The van der Waals surface area contributed by atoms with Gasteiger partial charge in [-0.05, 0) is 38.1 Å². The van der Waals surface area contributed by atoms with Gasteiger partial charge in [-0.25, -0.2) is 0 Å². The highest BCUT2D eigenvalue weighted by atomic mass is 14.9. The van der Waals surface area contributed by atoms with Crippen molar-refractivity contribution in [2.45, 2.75) is 71.3 Å². The van der Waals surface area contributed by atoms with Crippen LogP contribution in [-0.4, -0.2) is 19.1 Å². The van der Waals surface area contributed by atoms with Gasteiger partial charge in [0.15, 0.2) is 0 Å². The van der Waals surface area contributed by atoms with E-state index in [1.54, 1.807) is 0 Å². The normalized spacial score (nSPS) is 21.9. The molecule has 3 N–H and O–H groups in total. The number of rotatable bonds is 7. The van der Waals surface area contributed by atoms with Gasteiger partial charge in [-0.15, -0.1) is 0 Å². The summed E-state index contributed by atoms with van der Waals surface area (Å²) in [6.07, 6.45) is 10.8. The summed E-state index contributed by atoms with van der Waals surface area (Å²) in [6.45, 7) is 6.56. The summed E-state index contributed by atoms with van der Waals surface area (Å²) in [6, 6.07) is 0.658. The molecule has 1 atom stereocenters. The van der Waals surface area contributed by atoms with Crippen LogP contribution in [0.3, 0.4) is 0 Å². The summed E-state index contributed by atoms with van der Waals surface area (Å²) in [5, 5.41) is 3.70. The number of nitrogens with one attached hydrogen (secondary N) is 1. The topological polar surface area (TPSA) is 38.0 Å². The standard InChI is InChI=1S/C14H30N2/c1-3-4-8-13(2)16-12-14(11-15)9-6-5-7-10-14/h13,16H,3-12,15H2,1-2H3. The van der Waals surface area contributed by atoms with Crippen molar-refractivity contribution < 1.29 is 0 Å².